The molecule has 1 spiro atoms. The van der Waals surface area contributed by atoms with E-state index in [2.05, 4.69) is 5.32 Å². The van der Waals surface area contributed by atoms with Crippen molar-refractivity contribution in [1.29, 1.82) is 0 Å². The van der Waals surface area contributed by atoms with Crippen LogP contribution in [-0.4, -0.2) is 39.4 Å². The van der Waals surface area contributed by atoms with Crippen LogP contribution in [-0.2, 0) is 10.2 Å². The van der Waals surface area contributed by atoms with E-state index in [1.54, 1.807) is 30.3 Å². The van der Waals surface area contributed by atoms with Crippen molar-refractivity contribution in [1.82, 2.24) is 4.90 Å². The number of non-ortho nitro benzene ring substituents is 1. The van der Waals surface area contributed by atoms with Crippen LogP contribution in [0.2, 0.25) is 0 Å². The van der Waals surface area contributed by atoms with Gasteiger partial charge in [-0.25, -0.2) is 0 Å². The first kappa shape index (κ1) is 28.2. The second-order valence-corrected chi connectivity index (χ2v) is 11.8. The molecule has 4 aromatic rings. The van der Waals surface area contributed by atoms with Gasteiger partial charge in [-0.2, -0.15) is 0 Å². The number of hydrogen-bond donors (Lipinski definition) is 1. The highest BCUT2D eigenvalue weighted by atomic mass is 16.6. The maximum Gasteiger partial charge on any atom is 0.269 e. The normalized spacial score (nSPS) is 22.5. The summed E-state index contributed by atoms with van der Waals surface area (Å²) in [6.45, 7) is 3.83. The summed E-state index contributed by atoms with van der Waals surface area (Å²) in [6, 6.07) is 25.3. The molecule has 0 aromatic heterocycles. The number of anilines is 1. The zero-order chi connectivity index (χ0) is 31.5. The Balaban J connectivity index is 1.46. The van der Waals surface area contributed by atoms with E-state index in [9.17, 15) is 24.5 Å². The molecule has 0 aliphatic carbocycles. The van der Waals surface area contributed by atoms with Gasteiger partial charge >= 0.3 is 0 Å². The van der Waals surface area contributed by atoms with Crippen LogP contribution in [0.1, 0.15) is 57.3 Å². The summed E-state index contributed by atoms with van der Waals surface area (Å²) in [5.41, 5.74) is 1.82. The number of carbonyl (C=O) groups excluding carboxylic acids is 3. The van der Waals surface area contributed by atoms with E-state index in [-0.39, 0.29) is 29.0 Å². The van der Waals surface area contributed by atoms with Crippen molar-refractivity contribution in [2.75, 3.05) is 5.32 Å². The Kier molecular flexibility index (Phi) is 6.62. The molecule has 0 radical (unpaired) electrons. The van der Waals surface area contributed by atoms with Crippen LogP contribution in [0.15, 0.2) is 103 Å². The first-order valence-electron chi connectivity index (χ1n) is 14.8. The SMILES string of the molecule is CC(C)Oc1ccc(C(=O)C2C(C(=O)c3ccc([N+](=O)[O-])cc3)C3(C(=O)Nc4ccccc43)C3c4ccccc4C=CN23)cc1. The van der Waals surface area contributed by atoms with Crippen molar-refractivity contribution < 1.29 is 24.0 Å². The molecule has 9 nitrogen and oxygen atoms in total. The molecule has 1 N–H and O–H groups in total. The maximum atomic E-state index is 14.8. The molecular formula is C36H29N3O6. The van der Waals surface area contributed by atoms with Crippen molar-refractivity contribution in [3.05, 3.63) is 141 Å². The highest BCUT2D eigenvalue weighted by molar-refractivity contribution is 6.16. The fourth-order valence-electron chi connectivity index (χ4n) is 7.24. The van der Waals surface area contributed by atoms with Gasteiger partial charge < -0.3 is 15.0 Å². The standard InChI is InChI=1S/C36H29N3O6/c1-21(2)45-26-17-13-24(14-18-26)33(41)31-30(32(40)23-11-15-25(16-12-23)39(43)44)36(28-9-5-6-10-29(28)37-35(36)42)34-27-8-4-3-7-22(27)19-20-38(31)34/h3-21,30-31,34H,1-2H3,(H,37,42). The first-order chi connectivity index (χ1) is 21.7. The number of nitro benzene ring substituents is 1. The van der Waals surface area contributed by atoms with E-state index in [1.807, 2.05) is 73.5 Å². The third-order valence-corrected chi connectivity index (χ3v) is 8.99. The van der Waals surface area contributed by atoms with Gasteiger partial charge in [-0.05, 0) is 79.1 Å². The van der Waals surface area contributed by atoms with Crippen LogP contribution in [0.5, 0.6) is 5.75 Å². The summed E-state index contributed by atoms with van der Waals surface area (Å²) in [6.07, 6.45) is 3.66. The van der Waals surface area contributed by atoms with Crippen molar-refractivity contribution in [3.63, 3.8) is 0 Å². The molecule has 3 aliphatic rings. The zero-order valence-corrected chi connectivity index (χ0v) is 24.5. The lowest BCUT2D eigenvalue weighted by Gasteiger charge is -2.38. The smallest absolute Gasteiger partial charge is 0.269 e. The molecule has 9 heteroatoms. The van der Waals surface area contributed by atoms with Gasteiger partial charge in [0.1, 0.15) is 17.2 Å². The highest BCUT2D eigenvalue weighted by Gasteiger charge is 2.70. The maximum absolute atomic E-state index is 14.8. The predicted molar refractivity (Wildman–Crippen MR) is 168 cm³/mol. The Morgan fingerprint density at radius 1 is 0.889 bits per heavy atom. The van der Waals surface area contributed by atoms with Crippen molar-refractivity contribution in [2.45, 2.75) is 37.5 Å². The number of ether oxygens (including phenoxy) is 1. The van der Waals surface area contributed by atoms with Crippen molar-refractivity contribution in [3.8, 4) is 5.75 Å². The molecule has 224 valence electrons. The van der Waals surface area contributed by atoms with Crippen LogP contribution in [0.3, 0.4) is 0 Å². The average molecular weight is 600 g/mol. The van der Waals surface area contributed by atoms with E-state index >= 15 is 0 Å². The van der Waals surface area contributed by atoms with Gasteiger partial charge in [0.15, 0.2) is 11.6 Å². The van der Waals surface area contributed by atoms with Gasteiger partial charge in [0.05, 0.1) is 23.0 Å². The number of nitro groups is 1. The minimum Gasteiger partial charge on any atom is -0.491 e. The summed E-state index contributed by atoms with van der Waals surface area (Å²) >= 11 is 0. The van der Waals surface area contributed by atoms with Crippen LogP contribution in [0.4, 0.5) is 11.4 Å². The number of fused-ring (bicyclic) bond motifs is 6. The predicted octanol–water partition coefficient (Wildman–Crippen LogP) is 6.36. The Morgan fingerprint density at radius 3 is 2.24 bits per heavy atom. The molecule has 3 aliphatic heterocycles. The molecule has 1 saturated heterocycles. The van der Waals surface area contributed by atoms with Gasteiger partial charge in [-0.1, -0.05) is 42.5 Å². The number of carbonyl (C=O) groups is 3. The summed E-state index contributed by atoms with van der Waals surface area (Å²) in [5, 5.41) is 14.4. The lowest BCUT2D eigenvalue weighted by atomic mass is 9.62. The summed E-state index contributed by atoms with van der Waals surface area (Å²) in [7, 11) is 0. The second kappa shape index (κ2) is 10.6. The Morgan fingerprint density at radius 2 is 1.53 bits per heavy atom. The molecule has 4 unspecified atom stereocenters. The molecule has 1 amide bonds. The lowest BCUT2D eigenvalue weighted by molar-refractivity contribution is -0.384. The third kappa shape index (κ3) is 4.26. The second-order valence-electron chi connectivity index (χ2n) is 11.8. The molecular weight excluding hydrogens is 570 g/mol. The Labute approximate surface area is 259 Å². The largest absolute Gasteiger partial charge is 0.491 e. The van der Waals surface area contributed by atoms with Crippen LogP contribution >= 0.6 is 0 Å². The van der Waals surface area contributed by atoms with Gasteiger partial charge in [0.25, 0.3) is 5.69 Å². The zero-order valence-electron chi connectivity index (χ0n) is 24.5. The number of amides is 1. The van der Waals surface area contributed by atoms with E-state index in [1.165, 1.54) is 24.3 Å². The number of nitrogens with one attached hydrogen (secondary N) is 1. The van der Waals surface area contributed by atoms with Crippen LogP contribution in [0.25, 0.3) is 6.08 Å². The van der Waals surface area contributed by atoms with Crippen molar-refractivity contribution >= 4 is 34.9 Å². The molecule has 45 heavy (non-hydrogen) atoms. The van der Waals surface area contributed by atoms with Gasteiger partial charge in [-0.3, -0.25) is 24.5 Å². The number of nitrogens with zero attached hydrogens (tertiary/aromatic N) is 2. The molecule has 4 atom stereocenters. The Hall–Kier alpha value is -5.57. The van der Waals surface area contributed by atoms with Crippen molar-refractivity contribution in [2.24, 2.45) is 5.92 Å². The van der Waals surface area contributed by atoms with E-state index < -0.39 is 34.1 Å². The number of rotatable bonds is 7. The molecule has 0 bridgehead atoms. The quantitative estimate of drug-likeness (QED) is 0.149. The third-order valence-electron chi connectivity index (χ3n) is 8.99. The highest BCUT2D eigenvalue weighted by Crippen LogP contribution is 2.62. The van der Waals surface area contributed by atoms with Gasteiger partial charge in [0.2, 0.25) is 5.91 Å². The van der Waals surface area contributed by atoms with E-state index in [0.717, 1.165) is 11.1 Å². The first-order valence-corrected chi connectivity index (χ1v) is 14.8. The van der Waals surface area contributed by atoms with Crippen LogP contribution in [0, 0.1) is 16.0 Å². The number of ketones is 2. The molecule has 7 rings (SSSR count). The fourth-order valence-corrected chi connectivity index (χ4v) is 7.24. The van der Waals surface area contributed by atoms with E-state index in [4.69, 9.17) is 4.74 Å². The molecule has 1 fully saturated rings. The number of para-hydroxylation sites is 1. The Bertz CT molecular complexity index is 1900. The molecule has 0 saturated carbocycles. The molecule has 3 heterocycles. The van der Waals surface area contributed by atoms with Gasteiger partial charge in [0, 0.05) is 35.1 Å². The summed E-state index contributed by atoms with van der Waals surface area (Å²) in [5.74, 6) is -1.72. The number of hydrogen-bond acceptors (Lipinski definition) is 7. The molecule has 4 aromatic carbocycles. The summed E-state index contributed by atoms with van der Waals surface area (Å²) < 4.78 is 5.78. The van der Waals surface area contributed by atoms with Gasteiger partial charge in [-0.15, -0.1) is 0 Å². The summed E-state index contributed by atoms with van der Waals surface area (Å²) in [4.78, 5) is 56.8. The number of benzene rings is 4. The topological polar surface area (TPSA) is 119 Å². The lowest BCUT2D eigenvalue weighted by Crippen LogP contribution is -2.49. The average Bonchev–Trinajstić information content (AvgIpc) is 3.52. The number of Topliss-reactive ketones (excluding diaryl/α,β-unsaturated/α-hetero) is 2. The van der Waals surface area contributed by atoms with E-state index in [0.29, 0.717) is 22.6 Å². The minimum atomic E-state index is -1.49. The minimum absolute atomic E-state index is 0.0507. The monoisotopic (exact) mass is 599 g/mol. The fraction of sp³-hybridized carbons (Fsp3) is 0.194. The van der Waals surface area contributed by atoms with Crippen LogP contribution < -0.4 is 10.1 Å².